The minimum atomic E-state index is -1.92. The Morgan fingerprint density at radius 2 is 1.39 bits per heavy atom. The fourth-order valence-electron chi connectivity index (χ4n) is 2.36. The molecule has 0 saturated heterocycles. The van der Waals surface area contributed by atoms with Crippen molar-refractivity contribution in [2.45, 2.75) is 58.9 Å². The molecule has 0 bridgehead atoms. The average Bonchev–Trinajstić information content (AvgIpc) is 2.55. The Hall–Kier alpha value is -0.0231. The van der Waals surface area contributed by atoms with Gasteiger partial charge in [0.15, 0.2) is 0 Å². The van der Waals surface area contributed by atoms with E-state index in [2.05, 4.69) is 25.7 Å². The van der Waals surface area contributed by atoms with Crippen LogP contribution in [0.25, 0.3) is 0 Å². The van der Waals surface area contributed by atoms with E-state index in [1.807, 2.05) is 0 Å². The molecule has 0 fully saturated rings. The van der Waals surface area contributed by atoms with Crippen molar-refractivity contribution in [3.05, 3.63) is 0 Å². The molecule has 0 saturated carbocycles. The van der Waals surface area contributed by atoms with E-state index in [1.165, 1.54) is 0 Å². The van der Waals surface area contributed by atoms with Crippen molar-refractivity contribution < 1.29 is 13.3 Å². The molecule has 1 unspecified atom stereocenters. The van der Waals surface area contributed by atoms with Crippen LogP contribution in [0.3, 0.4) is 0 Å². The SMILES string of the molecule is CCCO[SiH](OCCC)OCCCCC(C)N(CCN)CCN. The Morgan fingerprint density at radius 3 is 1.87 bits per heavy atom. The van der Waals surface area contributed by atoms with Crippen molar-refractivity contribution in [2.24, 2.45) is 11.5 Å². The molecule has 4 N–H and O–H groups in total. The zero-order chi connectivity index (χ0) is 17.3. The van der Waals surface area contributed by atoms with Gasteiger partial charge >= 0.3 is 9.53 Å². The van der Waals surface area contributed by atoms with Gasteiger partial charge in [0.1, 0.15) is 0 Å². The van der Waals surface area contributed by atoms with E-state index in [0.29, 0.717) is 19.1 Å². The van der Waals surface area contributed by atoms with E-state index in [1.54, 1.807) is 0 Å². The van der Waals surface area contributed by atoms with Crippen molar-refractivity contribution in [1.82, 2.24) is 4.90 Å². The maximum absolute atomic E-state index is 5.82. The third-order valence-electron chi connectivity index (χ3n) is 3.64. The van der Waals surface area contributed by atoms with Gasteiger partial charge in [0, 0.05) is 52.0 Å². The fourth-order valence-corrected chi connectivity index (χ4v) is 3.86. The first-order chi connectivity index (χ1) is 11.2. The Balaban J connectivity index is 3.84. The highest BCUT2D eigenvalue weighted by molar-refractivity contribution is 6.36. The second-order valence-electron chi connectivity index (χ2n) is 5.86. The summed E-state index contributed by atoms with van der Waals surface area (Å²) in [6, 6.07) is 0.517. The van der Waals surface area contributed by atoms with Gasteiger partial charge in [0.25, 0.3) is 0 Å². The molecule has 0 aliphatic carbocycles. The van der Waals surface area contributed by atoms with E-state index in [0.717, 1.165) is 65.0 Å². The Bertz CT molecular complexity index is 233. The van der Waals surface area contributed by atoms with Gasteiger partial charge in [-0.05, 0) is 39.0 Å². The van der Waals surface area contributed by atoms with Crippen LogP contribution < -0.4 is 11.5 Å². The summed E-state index contributed by atoms with van der Waals surface area (Å²) in [7, 11) is -1.92. The minimum absolute atomic E-state index is 0.517. The molecule has 1 atom stereocenters. The standard InChI is InChI=1S/C16H39N3O3Si/c1-4-13-20-23(21-14-5-2)22-15-7-6-8-16(3)19(11-9-17)12-10-18/h16,23H,4-15,17-18H2,1-3H3. The van der Waals surface area contributed by atoms with Gasteiger partial charge in [0.2, 0.25) is 0 Å². The van der Waals surface area contributed by atoms with Gasteiger partial charge in [0.05, 0.1) is 0 Å². The molecule has 23 heavy (non-hydrogen) atoms. The molecule has 0 aromatic rings. The molecular weight excluding hydrogens is 310 g/mol. The number of unbranched alkanes of at least 4 members (excludes halogenated alkanes) is 1. The topological polar surface area (TPSA) is 83.0 Å². The van der Waals surface area contributed by atoms with Crippen LogP contribution in [0.2, 0.25) is 0 Å². The summed E-state index contributed by atoms with van der Waals surface area (Å²) in [6.45, 7) is 11.8. The monoisotopic (exact) mass is 349 g/mol. The lowest BCUT2D eigenvalue weighted by molar-refractivity contribution is 0.0909. The average molecular weight is 350 g/mol. The van der Waals surface area contributed by atoms with Crippen molar-refractivity contribution in [2.75, 3.05) is 46.0 Å². The second kappa shape index (κ2) is 16.8. The summed E-state index contributed by atoms with van der Waals surface area (Å²) in [6.07, 6.45) is 5.31. The summed E-state index contributed by atoms with van der Waals surface area (Å²) < 4.78 is 17.2. The van der Waals surface area contributed by atoms with Gasteiger partial charge in [-0.1, -0.05) is 13.8 Å². The summed E-state index contributed by atoms with van der Waals surface area (Å²) in [4.78, 5) is 2.37. The molecule has 0 aliphatic heterocycles. The van der Waals surface area contributed by atoms with Crippen LogP contribution >= 0.6 is 0 Å². The summed E-state index contributed by atoms with van der Waals surface area (Å²) in [5.41, 5.74) is 11.3. The molecule has 7 heteroatoms. The highest BCUT2D eigenvalue weighted by atomic mass is 28.3. The molecule has 0 amide bonds. The zero-order valence-electron chi connectivity index (χ0n) is 15.5. The zero-order valence-corrected chi connectivity index (χ0v) is 16.6. The lowest BCUT2D eigenvalue weighted by atomic mass is 10.1. The summed E-state index contributed by atoms with van der Waals surface area (Å²) in [5.74, 6) is 0. The van der Waals surface area contributed by atoms with Gasteiger partial charge in [-0.15, -0.1) is 0 Å². The van der Waals surface area contributed by atoms with E-state index in [9.17, 15) is 0 Å². The quantitative estimate of drug-likeness (QED) is 0.305. The first kappa shape index (κ1) is 23.0. The maximum atomic E-state index is 5.82. The van der Waals surface area contributed by atoms with Crippen molar-refractivity contribution in [3.8, 4) is 0 Å². The van der Waals surface area contributed by atoms with Crippen LogP contribution in [0.15, 0.2) is 0 Å². The predicted octanol–water partition coefficient (Wildman–Crippen LogP) is 1.35. The van der Waals surface area contributed by atoms with Crippen LogP contribution in [-0.4, -0.2) is 66.5 Å². The smallest absolute Gasteiger partial charge is 0.376 e. The molecule has 0 heterocycles. The third kappa shape index (κ3) is 13.0. The Kier molecular flexibility index (Phi) is 16.8. The van der Waals surface area contributed by atoms with Crippen LogP contribution in [0, 0.1) is 0 Å². The molecule has 0 spiro atoms. The van der Waals surface area contributed by atoms with Crippen molar-refractivity contribution in [3.63, 3.8) is 0 Å². The molecule has 0 aliphatic rings. The molecule has 0 rings (SSSR count). The Morgan fingerprint density at radius 1 is 0.870 bits per heavy atom. The molecule has 0 aromatic carbocycles. The lowest BCUT2D eigenvalue weighted by Crippen LogP contribution is -2.40. The van der Waals surface area contributed by atoms with Crippen LogP contribution in [0.5, 0.6) is 0 Å². The Labute approximate surface area is 144 Å². The molecular formula is C16H39N3O3Si. The van der Waals surface area contributed by atoms with Crippen LogP contribution in [0.4, 0.5) is 0 Å². The van der Waals surface area contributed by atoms with Gasteiger partial charge in [-0.25, -0.2) is 0 Å². The normalized spacial score (nSPS) is 13.2. The van der Waals surface area contributed by atoms with Gasteiger partial charge in [-0.2, -0.15) is 0 Å². The predicted molar refractivity (Wildman–Crippen MR) is 98.6 cm³/mol. The van der Waals surface area contributed by atoms with E-state index in [-0.39, 0.29) is 0 Å². The van der Waals surface area contributed by atoms with E-state index in [4.69, 9.17) is 24.7 Å². The highest BCUT2D eigenvalue weighted by Crippen LogP contribution is 2.08. The maximum Gasteiger partial charge on any atom is 0.484 e. The lowest BCUT2D eigenvalue weighted by Gasteiger charge is -2.28. The van der Waals surface area contributed by atoms with Gasteiger partial charge < -0.3 is 24.7 Å². The third-order valence-corrected chi connectivity index (χ3v) is 5.17. The summed E-state index contributed by atoms with van der Waals surface area (Å²) in [5, 5.41) is 0. The fraction of sp³-hybridized carbons (Fsp3) is 1.00. The van der Waals surface area contributed by atoms with Crippen molar-refractivity contribution >= 4 is 9.53 Å². The van der Waals surface area contributed by atoms with Crippen molar-refractivity contribution in [1.29, 1.82) is 0 Å². The largest absolute Gasteiger partial charge is 0.484 e. The van der Waals surface area contributed by atoms with E-state index < -0.39 is 9.53 Å². The first-order valence-electron chi connectivity index (χ1n) is 9.18. The van der Waals surface area contributed by atoms with E-state index >= 15 is 0 Å². The minimum Gasteiger partial charge on any atom is -0.376 e. The van der Waals surface area contributed by atoms with Crippen LogP contribution in [-0.2, 0) is 13.3 Å². The second-order valence-corrected chi connectivity index (χ2v) is 7.44. The molecule has 6 nitrogen and oxygen atoms in total. The highest BCUT2D eigenvalue weighted by Gasteiger charge is 2.15. The van der Waals surface area contributed by atoms with Gasteiger partial charge in [-0.3, -0.25) is 4.90 Å². The number of nitrogens with two attached hydrogens (primary N) is 2. The number of rotatable bonds is 17. The molecule has 140 valence electrons. The number of hydrogen-bond acceptors (Lipinski definition) is 6. The van der Waals surface area contributed by atoms with Crippen LogP contribution in [0.1, 0.15) is 52.9 Å². The molecule has 0 aromatic heterocycles. The first-order valence-corrected chi connectivity index (χ1v) is 10.6. The number of nitrogens with zero attached hydrogens (tertiary/aromatic N) is 1. The summed E-state index contributed by atoms with van der Waals surface area (Å²) >= 11 is 0. The molecule has 0 radical (unpaired) electrons. The number of hydrogen-bond donors (Lipinski definition) is 2.